The van der Waals surface area contributed by atoms with Crippen molar-refractivity contribution in [3.63, 3.8) is 0 Å². The van der Waals surface area contributed by atoms with Gasteiger partial charge in [-0.05, 0) is 41.5 Å². The van der Waals surface area contributed by atoms with Crippen LogP contribution < -0.4 is 0 Å². The maximum Gasteiger partial charge on any atom is 0.326 e. The van der Waals surface area contributed by atoms with Crippen molar-refractivity contribution in [2.24, 2.45) is 0 Å². The van der Waals surface area contributed by atoms with Crippen LogP contribution in [0.2, 0.25) is 0 Å². The first-order valence-corrected chi connectivity index (χ1v) is 9.16. The molecule has 140 valence electrons. The van der Waals surface area contributed by atoms with Gasteiger partial charge in [0.15, 0.2) is 0 Å². The zero-order valence-corrected chi connectivity index (χ0v) is 17.2. The van der Waals surface area contributed by atoms with Gasteiger partial charge in [-0.1, -0.05) is 30.3 Å². The highest BCUT2D eigenvalue weighted by atomic mass is 16.5. The van der Waals surface area contributed by atoms with E-state index in [-0.39, 0.29) is 17.0 Å². The zero-order chi connectivity index (χ0) is 19.1. The number of hydrogen-bond acceptors (Lipinski definition) is 3. The molecule has 0 aliphatic carbocycles. The summed E-state index contributed by atoms with van der Waals surface area (Å²) in [5, 5.41) is 0. The average Bonchev–Trinajstić information content (AvgIpc) is 2.89. The maximum absolute atomic E-state index is 12.7. The topological polar surface area (TPSA) is 29.3 Å². The van der Waals surface area contributed by atoms with E-state index < -0.39 is 5.54 Å². The third kappa shape index (κ3) is 3.90. The molecule has 0 aromatic heterocycles. The van der Waals surface area contributed by atoms with Crippen LogP contribution in [0, 0.1) is 0 Å². The monoisotopic (exact) mass is 347 g/mol. The molecular formula is C21H35N2O2+. The second-order valence-electron chi connectivity index (χ2n) is 9.45. The number of benzene rings is 1. The summed E-state index contributed by atoms with van der Waals surface area (Å²) >= 11 is 0. The van der Waals surface area contributed by atoms with E-state index >= 15 is 0 Å². The first kappa shape index (κ1) is 19.9. The van der Waals surface area contributed by atoms with Gasteiger partial charge in [0, 0.05) is 16.6 Å². The molecule has 1 aliphatic rings. The highest BCUT2D eigenvalue weighted by molar-refractivity contribution is 5.81. The van der Waals surface area contributed by atoms with E-state index in [0.717, 1.165) is 17.6 Å². The van der Waals surface area contributed by atoms with Gasteiger partial charge >= 0.3 is 5.97 Å². The lowest BCUT2D eigenvalue weighted by atomic mass is 10.0. The molecular weight excluding hydrogens is 312 g/mol. The minimum atomic E-state index is -0.608. The van der Waals surface area contributed by atoms with Crippen molar-refractivity contribution in [1.82, 2.24) is 4.90 Å². The van der Waals surface area contributed by atoms with E-state index in [1.807, 2.05) is 19.9 Å². The molecule has 0 atom stereocenters. The number of carbonyl (C=O) groups excluding carboxylic acids is 1. The average molecular weight is 348 g/mol. The van der Waals surface area contributed by atoms with Crippen LogP contribution in [0.25, 0.3) is 0 Å². The first-order chi connectivity index (χ1) is 11.3. The molecule has 25 heavy (non-hydrogen) atoms. The van der Waals surface area contributed by atoms with Gasteiger partial charge in [0.1, 0.15) is 25.2 Å². The second-order valence-corrected chi connectivity index (χ2v) is 9.45. The summed E-state index contributed by atoms with van der Waals surface area (Å²) < 4.78 is 6.46. The summed E-state index contributed by atoms with van der Waals surface area (Å²) in [6.45, 7) is 14.8. The van der Waals surface area contributed by atoms with Gasteiger partial charge < -0.3 is 9.22 Å². The molecule has 0 saturated carbocycles. The fourth-order valence-electron chi connectivity index (χ4n) is 4.13. The van der Waals surface area contributed by atoms with Crippen LogP contribution in [0.15, 0.2) is 30.3 Å². The number of ether oxygens (including phenoxy) is 1. The molecule has 1 fully saturated rings. The Labute approximate surface area is 153 Å². The van der Waals surface area contributed by atoms with Crippen LogP contribution in [0.4, 0.5) is 0 Å². The molecule has 4 nitrogen and oxygen atoms in total. The number of nitrogens with zero attached hydrogens (tertiary/aromatic N) is 2. The van der Waals surface area contributed by atoms with Gasteiger partial charge in [-0.15, -0.1) is 0 Å². The van der Waals surface area contributed by atoms with Crippen molar-refractivity contribution in [3.05, 3.63) is 35.9 Å². The molecule has 0 spiro atoms. The summed E-state index contributed by atoms with van der Waals surface area (Å²) in [7, 11) is 4.34. The Kier molecular flexibility index (Phi) is 5.10. The third-order valence-electron chi connectivity index (χ3n) is 6.01. The quantitative estimate of drug-likeness (QED) is 0.430. The van der Waals surface area contributed by atoms with Gasteiger partial charge in [-0.2, -0.15) is 0 Å². The van der Waals surface area contributed by atoms with Crippen molar-refractivity contribution in [2.75, 3.05) is 27.2 Å². The predicted molar refractivity (Wildman–Crippen MR) is 102 cm³/mol. The molecule has 1 aliphatic heterocycles. The normalized spacial score (nSPS) is 19.5. The standard InChI is InChI=1S/C21H35N2O2/c1-19(2,22-20(3,4)21(22,5)6)18(24)25-15-14-23(7,8)16-17-12-10-9-11-13-17/h9-13H,14-16H2,1-8H3/q+1. The van der Waals surface area contributed by atoms with Crippen LogP contribution in [0.5, 0.6) is 0 Å². The summed E-state index contributed by atoms with van der Waals surface area (Å²) in [4.78, 5) is 14.9. The van der Waals surface area contributed by atoms with Crippen molar-refractivity contribution in [1.29, 1.82) is 0 Å². The van der Waals surface area contributed by atoms with E-state index in [9.17, 15) is 4.79 Å². The third-order valence-corrected chi connectivity index (χ3v) is 6.01. The molecule has 0 unspecified atom stereocenters. The molecule has 1 aromatic carbocycles. The number of carbonyl (C=O) groups is 1. The number of hydrogen-bond donors (Lipinski definition) is 0. The van der Waals surface area contributed by atoms with Crippen molar-refractivity contribution < 1.29 is 14.0 Å². The Morgan fingerprint density at radius 2 is 1.60 bits per heavy atom. The number of esters is 1. The minimum Gasteiger partial charge on any atom is -0.458 e. The SMILES string of the molecule is CC(C)(C(=O)OCC[N+](C)(C)Cc1ccccc1)N1C(C)(C)C1(C)C. The Bertz CT molecular complexity index is 604. The Morgan fingerprint density at radius 3 is 2.08 bits per heavy atom. The Balaban J connectivity index is 1.88. The highest BCUT2D eigenvalue weighted by Gasteiger charge is 2.69. The lowest BCUT2D eigenvalue weighted by molar-refractivity contribution is -0.903. The van der Waals surface area contributed by atoms with Crippen LogP contribution in [-0.4, -0.2) is 59.2 Å². The zero-order valence-electron chi connectivity index (χ0n) is 17.2. The van der Waals surface area contributed by atoms with Gasteiger partial charge in [0.2, 0.25) is 0 Å². The Morgan fingerprint density at radius 1 is 1.08 bits per heavy atom. The smallest absolute Gasteiger partial charge is 0.326 e. The van der Waals surface area contributed by atoms with E-state index in [0.29, 0.717) is 6.61 Å². The van der Waals surface area contributed by atoms with Gasteiger partial charge in [-0.25, -0.2) is 0 Å². The minimum absolute atomic E-state index is 0.0121. The molecule has 0 N–H and O–H groups in total. The van der Waals surface area contributed by atoms with Crippen molar-refractivity contribution >= 4 is 5.97 Å². The summed E-state index contributed by atoms with van der Waals surface area (Å²) in [5.41, 5.74) is 0.714. The second kappa shape index (κ2) is 6.40. The fraction of sp³-hybridized carbons (Fsp3) is 0.667. The van der Waals surface area contributed by atoms with E-state index in [4.69, 9.17) is 4.74 Å². The van der Waals surface area contributed by atoms with Crippen LogP contribution in [0.3, 0.4) is 0 Å². The fourth-order valence-corrected chi connectivity index (χ4v) is 4.13. The summed E-state index contributed by atoms with van der Waals surface area (Å²) in [6, 6.07) is 10.4. The molecule has 1 heterocycles. The first-order valence-electron chi connectivity index (χ1n) is 9.16. The van der Waals surface area contributed by atoms with Gasteiger partial charge in [-0.3, -0.25) is 9.69 Å². The molecule has 0 bridgehead atoms. The maximum atomic E-state index is 12.7. The van der Waals surface area contributed by atoms with Crippen LogP contribution >= 0.6 is 0 Å². The molecule has 1 aromatic rings. The van der Waals surface area contributed by atoms with E-state index in [1.165, 1.54) is 5.56 Å². The van der Waals surface area contributed by atoms with Crippen molar-refractivity contribution in [3.8, 4) is 0 Å². The Hall–Kier alpha value is -1.39. The molecule has 2 rings (SSSR count). The molecule has 0 radical (unpaired) electrons. The molecule has 1 saturated heterocycles. The lowest BCUT2D eigenvalue weighted by Gasteiger charge is -2.31. The van der Waals surface area contributed by atoms with E-state index in [2.05, 4.69) is 71.0 Å². The van der Waals surface area contributed by atoms with E-state index in [1.54, 1.807) is 0 Å². The molecule has 0 amide bonds. The predicted octanol–water partition coefficient (Wildman–Crippen LogP) is 3.46. The highest BCUT2D eigenvalue weighted by Crippen LogP contribution is 2.55. The molecule has 4 heteroatoms. The number of rotatable bonds is 7. The largest absolute Gasteiger partial charge is 0.458 e. The van der Waals surface area contributed by atoms with Gasteiger partial charge in [0.05, 0.1) is 14.1 Å². The van der Waals surface area contributed by atoms with Crippen LogP contribution in [0.1, 0.15) is 47.1 Å². The summed E-state index contributed by atoms with van der Waals surface area (Å²) in [6.07, 6.45) is 0. The summed E-state index contributed by atoms with van der Waals surface area (Å²) in [5.74, 6) is -0.133. The van der Waals surface area contributed by atoms with Crippen molar-refractivity contribution in [2.45, 2.75) is 64.7 Å². The van der Waals surface area contributed by atoms with Gasteiger partial charge in [0.25, 0.3) is 0 Å². The lowest BCUT2D eigenvalue weighted by Crippen LogP contribution is -2.47. The van der Waals surface area contributed by atoms with Crippen LogP contribution in [-0.2, 0) is 16.1 Å². The number of quaternary nitrogens is 1. The number of likely N-dealkylation sites (N-methyl/N-ethyl adjacent to an activating group) is 1.